The molecule has 0 radical (unpaired) electrons. The number of sulfone groups is 1. The van der Waals surface area contributed by atoms with Crippen molar-refractivity contribution < 1.29 is 22.7 Å². The van der Waals surface area contributed by atoms with Crippen molar-refractivity contribution in [3.8, 4) is 0 Å². The van der Waals surface area contributed by atoms with E-state index in [-0.39, 0.29) is 5.75 Å². The molecule has 18 heavy (non-hydrogen) atoms. The standard InChI is InChI=1S/C11H10FNO4S/c12-10-5-7(1-2-9(10)11(14)15)13-8-3-4-18(16,17)6-8/h1-5,8,13H,6H2,(H,14,15). The number of hydrogen-bond donors (Lipinski definition) is 2. The first-order chi connectivity index (χ1) is 8.37. The predicted octanol–water partition coefficient (Wildman–Crippen LogP) is 1.25. The van der Waals surface area contributed by atoms with Crippen molar-refractivity contribution in [3.05, 3.63) is 41.1 Å². The van der Waals surface area contributed by atoms with E-state index in [1.807, 2.05) is 0 Å². The maximum atomic E-state index is 13.4. The van der Waals surface area contributed by atoms with Crippen LogP contribution in [0.1, 0.15) is 10.4 Å². The van der Waals surface area contributed by atoms with Gasteiger partial charge in [0.25, 0.3) is 0 Å². The molecule has 0 amide bonds. The number of carboxylic acids is 1. The maximum absolute atomic E-state index is 13.4. The van der Waals surface area contributed by atoms with Crippen LogP contribution in [0.5, 0.6) is 0 Å². The number of aromatic carboxylic acids is 1. The lowest BCUT2D eigenvalue weighted by Gasteiger charge is -2.11. The molecule has 0 saturated heterocycles. The highest BCUT2D eigenvalue weighted by molar-refractivity contribution is 7.94. The van der Waals surface area contributed by atoms with Crippen molar-refractivity contribution in [1.29, 1.82) is 0 Å². The van der Waals surface area contributed by atoms with Crippen LogP contribution < -0.4 is 5.32 Å². The maximum Gasteiger partial charge on any atom is 0.338 e. The van der Waals surface area contributed by atoms with Crippen LogP contribution >= 0.6 is 0 Å². The van der Waals surface area contributed by atoms with Crippen LogP contribution in [0.25, 0.3) is 0 Å². The molecule has 0 aliphatic carbocycles. The monoisotopic (exact) mass is 271 g/mol. The minimum Gasteiger partial charge on any atom is -0.478 e. The average molecular weight is 271 g/mol. The second kappa shape index (κ2) is 4.41. The van der Waals surface area contributed by atoms with Gasteiger partial charge in [0.2, 0.25) is 0 Å². The van der Waals surface area contributed by atoms with Gasteiger partial charge in [0.15, 0.2) is 9.84 Å². The molecule has 0 spiro atoms. The lowest BCUT2D eigenvalue weighted by atomic mass is 10.2. The van der Waals surface area contributed by atoms with Crippen LogP contribution in [0, 0.1) is 5.82 Å². The van der Waals surface area contributed by atoms with E-state index in [4.69, 9.17) is 5.11 Å². The van der Waals surface area contributed by atoms with E-state index >= 15 is 0 Å². The molecular formula is C11H10FNO4S. The summed E-state index contributed by atoms with van der Waals surface area (Å²) in [5.74, 6) is -2.30. The highest BCUT2D eigenvalue weighted by atomic mass is 32.2. The Hall–Kier alpha value is -1.89. The summed E-state index contributed by atoms with van der Waals surface area (Å²) in [4.78, 5) is 10.6. The fraction of sp³-hybridized carbons (Fsp3) is 0.182. The van der Waals surface area contributed by atoms with Gasteiger partial charge in [-0.25, -0.2) is 17.6 Å². The van der Waals surface area contributed by atoms with E-state index in [1.165, 1.54) is 12.1 Å². The molecule has 2 N–H and O–H groups in total. The van der Waals surface area contributed by atoms with Gasteiger partial charge < -0.3 is 10.4 Å². The summed E-state index contributed by atoms with van der Waals surface area (Å²) in [6.07, 6.45) is 1.47. The minimum absolute atomic E-state index is 0.0880. The van der Waals surface area contributed by atoms with Gasteiger partial charge in [0.05, 0.1) is 17.4 Å². The minimum atomic E-state index is -3.18. The SMILES string of the molecule is O=C(O)c1ccc(NC2C=CS(=O)(=O)C2)cc1F. The molecule has 96 valence electrons. The third-order valence-electron chi connectivity index (χ3n) is 2.48. The van der Waals surface area contributed by atoms with E-state index in [2.05, 4.69) is 5.32 Å². The van der Waals surface area contributed by atoms with Crippen LogP contribution in [0.2, 0.25) is 0 Å². The molecule has 1 heterocycles. The number of nitrogens with one attached hydrogen (secondary N) is 1. The molecule has 1 aromatic carbocycles. The molecule has 1 unspecified atom stereocenters. The van der Waals surface area contributed by atoms with E-state index < -0.39 is 33.2 Å². The van der Waals surface area contributed by atoms with E-state index in [1.54, 1.807) is 0 Å². The van der Waals surface area contributed by atoms with Gasteiger partial charge in [0.1, 0.15) is 5.82 Å². The Balaban J connectivity index is 2.15. The van der Waals surface area contributed by atoms with Crippen molar-refractivity contribution in [1.82, 2.24) is 0 Å². The zero-order chi connectivity index (χ0) is 13.3. The molecule has 0 saturated carbocycles. The number of hydrogen-bond acceptors (Lipinski definition) is 4. The molecule has 0 fully saturated rings. The number of halogens is 1. The Labute approximate surface area is 103 Å². The zero-order valence-corrected chi connectivity index (χ0v) is 9.95. The molecule has 0 bridgehead atoms. The van der Waals surface area contributed by atoms with Crippen molar-refractivity contribution in [2.75, 3.05) is 11.1 Å². The Kier molecular flexibility index (Phi) is 3.08. The van der Waals surface area contributed by atoms with Gasteiger partial charge in [-0.3, -0.25) is 0 Å². The van der Waals surface area contributed by atoms with Gasteiger partial charge >= 0.3 is 5.97 Å². The quantitative estimate of drug-likeness (QED) is 0.864. The third-order valence-corrected chi connectivity index (χ3v) is 3.88. The fourth-order valence-corrected chi connectivity index (χ4v) is 2.89. The lowest BCUT2D eigenvalue weighted by Crippen LogP contribution is -2.21. The first kappa shape index (κ1) is 12.6. The summed E-state index contributed by atoms with van der Waals surface area (Å²) in [6, 6.07) is 3.13. The van der Waals surface area contributed by atoms with Crippen molar-refractivity contribution in [3.63, 3.8) is 0 Å². The summed E-state index contributed by atoms with van der Waals surface area (Å²) in [7, 11) is -3.18. The molecule has 1 aliphatic rings. The molecule has 2 rings (SSSR count). The molecule has 0 aromatic heterocycles. The summed E-state index contributed by atoms with van der Waals surface area (Å²) in [5.41, 5.74) is -0.0839. The fourth-order valence-electron chi connectivity index (χ4n) is 1.66. The number of benzene rings is 1. The van der Waals surface area contributed by atoms with Crippen LogP contribution in [-0.4, -0.2) is 31.3 Å². The summed E-state index contributed by atoms with van der Waals surface area (Å²) < 4.78 is 35.7. The molecule has 1 atom stereocenters. The van der Waals surface area contributed by atoms with Crippen LogP contribution in [-0.2, 0) is 9.84 Å². The van der Waals surface area contributed by atoms with E-state index in [0.717, 1.165) is 17.5 Å². The molecule has 5 nitrogen and oxygen atoms in total. The zero-order valence-electron chi connectivity index (χ0n) is 9.13. The van der Waals surface area contributed by atoms with Gasteiger partial charge in [-0.05, 0) is 18.2 Å². The number of carboxylic acid groups (broad SMARTS) is 1. The molecule has 1 aliphatic heterocycles. The van der Waals surface area contributed by atoms with Crippen LogP contribution in [0.3, 0.4) is 0 Å². The lowest BCUT2D eigenvalue weighted by molar-refractivity contribution is 0.0692. The van der Waals surface area contributed by atoms with Gasteiger partial charge in [-0.1, -0.05) is 6.08 Å². The molecular weight excluding hydrogens is 261 g/mol. The normalized spacial score (nSPS) is 20.8. The second-order valence-electron chi connectivity index (χ2n) is 3.91. The topological polar surface area (TPSA) is 83.5 Å². The smallest absolute Gasteiger partial charge is 0.338 e. The molecule has 1 aromatic rings. The predicted molar refractivity (Wildman–Crippen MR) is 63.7 cm³/mol. The van der Waals surface area contributed by atoms with Crippen molar-refractivity contribution in [2.45, 2.75) is 6.04 Å². The van der Waals surface area contributed by atoms with Crippen molar-refractivity contribution >= 4 is 21.5 Å². The first-order valence-corrected chi connectivity index (χ1v) is 6.79. The number of carbonyl (C=O) groups is 1. The second-order valence-corrected chi connectivity index (χ2v) is 5.84. The van der Waals surface area contributed by atoms with E-state index in [0.29, 0.717) is 5.69 Å². The van der Waals surface area contributed by atoms with Crippen LogP contribution in [0.15, 0.2) is 29.7 Å². The highest BCUT2D eigenvalue weighted by Crippen LogP contribution is 2.18. The Morgan fingerprint density at radius 1 is 1.44 bits per heavy atom. The van der Waals surface area contributed by atoms with Gasteiger partial charge in [0, 0.05) is 11.1 Å². The average Bonchev–Trinajstić information content (AvgIpc) is 2.57. The summed E-state index contributed by atoms with van der Waals surface area (Å²) in [6.45, 7) is 0. The first-order valence-electron chi connectivity index (χ1n) is 5.08. The highest BCUT2D eigenvalue weighted by Gasteiger charge is 2.21. The van der Waals surface area contributed by atoms with Crippen LogP contribution in [0.4, 0.5) is 10.1 Å². The number of rotatable bonds is 3. The summed E-state index contributed by atoms with van der Waals surface area (Å²) in [5, 5.41) is 12.6. The van der Waals surface area contributed by atoms with Gasteiger partial charge in [-0.15, -0.1) is 0 Å². The van der Waals surface area contributed by atoms with Gasteiger partial charge in [-0.2, -0.15) is 0 Å². The third kappa shape index (κ3) is 2.67. The Morgan fingerprint density at radius 2 is 2.17 bits per heavy atom. The number of anilines is 1. The molecule has 7 heteroatoms. The Bertz CT molecular complexity index is 624. The Morgan fingerprint density at radius 3 is 2.67 bits per heavy atom. The largest absolute Gasteiger partial charge is 0.478 e. The van der Waals surface area contributed by atoms with Crippen molar-refractivity contribution in [2.24, 2.45) is 0 Å². The summed E-state index contributed by atoms with van der Waals surface area (Å²) >= 11 is 0. The van der Waals surface area contributed by atoms with E-state index in [9.17, 15) is 17.6 Å².